The van der Waals surface area contributed by atoms with Crippen LogP contribution in [0.1, 0.15) is 10.4 Å². The van der Waals surface area contributed by atoms with Crippen LogP contribution in [-0.2, 0) is 9.84 Å². The lowest BCUT2D eigenvalue weighted by Gasteiger charge is -2.07. The zero-order valence-electron chi connectivity index (χ0n) is 12.5. The Morgan fingerprint density at radius 2 is 1.79 bits per heavy atom. The monoisotopic (exact) mass is 382 g/mol. The first-order chi connectivity index (χ1) is 11.2. The molecule has 3 rings (SSSR count). The van der Waals surface area contributed by atoms with E-state index in [0.717, 1.165) is 11.8 Å². The van der Waals surface area contributed by atoms with Crippen LogP contribution in [0.2, 0.25) is 10.0 Å². The summed E-state index contributed by atoms with van der Waals surface area (Å²) in [4.78, 5) is 12.4. The topological polar surface area (TPSA) is 67.7 Å². The van der Waals surface area contributed by atoms with Crippen molar-refractivity contribution in [3.8, 4) is 0 Å². The third-order valence-corrected chi connectivity index (χ3v) is 4.91. The molecule has 0 bridgehead atoms. The smallest absolute Gasteiger partial charge is 0.257 e. The summed E-state index contributed by atoms with van der Waals surface area (Å²) in [6.07, 6.45) is 4.40. The molecule has 0 saturated carbocycles. The first-order valence-electron chi connectivity index (χ1n) is 6.82. The van der Waals surface area contributed by atoms with Crippen LogP contribution in [-0.4, -0.2) is 25.0 Å². The fraction of sp³-hybridized carbons (Fsp3) is 0.0625. The molecule has 8 heteroatoms. The summed E-state index contributed by atoms with van der Waals surface area (Å²) in [6, 6.07) is 9.41. The van der Waals surface area contributed by atoms with E-state index in [-0.39, 0.29) is 15.8 Å². The molecule has 0 aliphatic heterocycles. The molecule has 2 aromatic heterocycles. The van der Waals surface area contributed by atoms with E-state index < -0.39 is 9.84 Å². The summed E-state index contributed by atoms with van der Waals surface area (Å²) in [5, 5.41) is 3.43. The molecule has 0 radical (unpaired) electrons. The van der Waals surface area contributed by atoms with Gasteiger partial charge in [0.2, 0.25) is 0 Å². The number of amides is 1. The lowest BCUT2D eigenvalue weighted by molar-refractivity contribution is 0.102. The van der Waals surface area contributed by atoms with Gasteiger partial charge in [0.25, 0.3) is 5.91 Å². The predicted octanol–water partition coefficient (Wildman–Crippen LogP) is 3.90. The molecule has 3 aromatic rings. The van der Waals surface area contributed by atoms with Crippen molar-refractivity contribution in [2.45, 2.75) is 4.90 Å². The first kappa shape index (κ1) is 16.8. The van der Waals surface area contributed by atoms with Gasteiger partial charge in [-0.25, -0.2) is 8.42 Å². The molecule has 0 atom stereocenters. The Morgan fingerprint density at radius 1 is 1.04 bits per heavy atom. The summed E-state index contributed by atoms with van der Waals surface area (Å²) in [6.45, 7) is 0. The maximum atomic E-state index is 12.4. The number of pyridine rings is 1. The summed E-state index contributed by atoms with van der Waals surface area (Å²) >= 11 is 11.9. The van der Waals surface area contributed by atoms with E-state index in [1.807, 2.05) is 0 Å². The highest BCUT2D eigenvalue weighted by molar-refractivity contribution is 7.90. The fourth-order valence-electron chi connectivity index (χ4n) is 2.26. The molecular formula is C16H12Cl2N2O3S. The minimum Gasteiger partial charge on any atom is -0.322 e. The zero-order chi connectivity index (χ0) is 17.5. The number of benzene rings is 1. The Morgan fingerprint density at radius 3 is 2.50 bits per heavy atom. The fourth-order valence-corrected chi connectivity index (χ4v) is 3.41. The Bertz CT molecular complexity index is 1060. The van der Waals surface area contributed by atoms with Crippen LogP contribution in [0.5, 0.6) is 0 Å². The van der Waals surface area contributed by atoms with Gasteiger partial charge in [0.15, 0.2) is 9.84 Å². The number of fused-ring (bicyclic) bond motifs is 1. The molecule has 0 unspecified atom stereocenters. The van der Waals surface area contributed by atoms with Gasteiger partial charge in [-0.2, -0.15) is 0 Å². The molecule has 0 fully saturated rings. The van der Waals surface area contributed by atoms with E-state index in [1.165, 1.54) is 18.2 Å². The SMILES string of the molecule is CS(=O)(=O)c1cc(Cl)cc(NC(=O)c2cc3ccc(Cl)cn3c2)c1. The number of hydrogen-bond acceptors (Lipinski definition) is 3. The van der Waals surface area contributed by atoms with E-state index in [1.54, 1.807) is 35.0 Å². The van der Waals surface area contributed by atoms with Crippen molar-refractivity contribution in [2.75, 3.05) is 11.6 Å². The largest absolute Gasteiger partial charge is 0.322 e. The van der Waals surface area contributed by atoms with Crippen molar-refractivity contribution in [3.63, 3.8) is 0 Å². The molecule has 2 heterocycles. The van der Waals surface area contributed by atoms with Gasteiger partial charge in [0, 0.05) is 34.9 Å². The normalized spacial score (nSPS) is 11.6. The van der Waals surface area contributed by atoms with Gasteiger partial charge >= 0.3 is 0 Å². The average Bonchev–Trinajstić information content (AvgIpc) is 2.88. The van der Waals surface area contributed by atoms with Gasteiger partial charge in [0.05, 0.1) is 15.5 Å². The number of carbonyl (C=O) groups excluding carboxylic acids is 1. The van der Waals surface area contributed by atoms with Gasteiger partial charge in [-0.05, 0) is 36.4 Å². The molecule has 0 aliphatic carbocycles. The third-order valence-electron chi connectivity index (χ3n) is 3.37. The first-order valence-corrected chi connectivity index (χ1v) is 9.46. The number of nitrogens with one attached hydrogen (secondary N) is 1. The quantitative estimate of drug-likeness (QED) is 0.746. The van der Waals surface area contributed by atoms with E-state index in [2.05, 4.69) is 5.32 Å². The minimum atomic E-state index is -3.43. The van der Waals surface area contributed by atoms with Gasteiger partial charge in [-0.15, -0.1) is 0 Å². The van der Waals surface area contributed by atoms with E-state index in [0.29, 0.717) is 16.3 Å². The number of anilines is 1. The lowest BCUT2D eigenvalue weighted by atomic mass is 10.2. The molecule has 1 N–H and O–H groups in total. The van der Waals surface area contributed by atoms with Crippen molar-refractivity contribution in [2.24, 2.45) is 0 Å². The minimum absolute atomic E-state index is 0.0409. The van der Waals surface area contributed by atoms with E-state index in [4.69, 9.17) is 23.2 Å². The van der Waals surface area contributed by atoms with Crippen LogP contribution in [0, 0.1) is 0 Å². The standard InChI is InChI=1S/C16H12Cl2N2O3S/c1-24(22,23)15-6-12(18)5-13(7-15)19-16(21)10-4-14-3-2-11(17)9-20(14)8-10/h2-9H,1H3,(H,19,21). The molecule has 0 aliphatic rings. The van der Waals surface area contributed by atoms with Gasteiger partial charge in [0.1, 0.15) is 0 Å². The number of sulfone groups is 1. The van der Waals surface area contributed by atoms with Crippen molar-refractivity contribution in [3.05, 3.63) is 64.4 Å². The van der Waals surface area contributed by atoms with Crippen molar-refractivity contribution >= 4 is 50.2 Å². The van der Waals surface area contributed by atoms with E-state index in [9.17, 15) is 13.2 Å². The van der Waals surface area contributed by atoms with Crippen LogP contribution < -0.4 is 5.32 Å². The summed E-state index contributed by atoms with van der Waals surface area (Å²) < 4.78 is 25.0. The van der Waals surface area contributed by atoms with Crippen molar-refractivity contribution in [1.82, 2.24) is 4.40 Å². The van der Waals surface area contributed by atoms with Crippen molar-refractivity contribution < 1.29 is 13.2 Å². The Labute approximate surface area is 148 Å². The predicted molar refractivity (Wildman–Crippen MR) is 94.9 cm³/mol. The Hall–Kier alpha value is -2.02. The number of halogens is 2. The van der Waals surface area contributed by atoms with Crippen LogP contribution in [0.3, 0.4) is 0 Å². The highest BCUT2D eigenvalue weighted by atomic mass is 35.5. The lowest BCUT2D eigenvalue weighted by Crippen LogP contribution is -2.11. The second-order valence-electron chi connectivity index (χ2n) is 5.31. The molecule has 1 amide bonds. The average molecular weight is 383 g/mol. The number of rotatable bonds is 3. The van der Waals surface area contributed by atoms with Crippen LogP contribution in [0.15, 0.2) is 53.7 Å². The molecule has 24 heavy (non-hydrogen) atoms. The number of carbonyl (C=O) groups is 1. The second kappa shape index (κ2) is 6.12. The zero-order valence-corrected chi connectivity index (χ0v) is 14.8. The number of nitrogens with zero attached hydrogens (tertiary/aromatic N) is 1. The second-order valence-corrected chi connectivity index (χ2v) is 8.20. The van der Waals surface area contributed by atoms with Gasteiger partial charge in [-0.1, -0.05) is 23.2 Å². The molecule has 1 aromatic carbocycles. The molecular weight excluding hydrogens is 371 g/mol. The highest BCUT2D eigenvalue weighted by Gasteiger charge is 2.13. The maximum Gasteiger partial charge on any atom is 0.257 e. The molecule has 5 nitrogen and oxygen atoms in total. The Kier molecular flexibility index (Phi) is 4.29. The highest BCUT2D eigenvalue weighted by Crippen LogP contribution is 2.23. The van der Waals surface area contributed by atoms with E-state index >= 15 is 0 Å². The van der Waals surface area contributed by atoms with Crippen LogP contribution >= 0.6 is 23.2 Å². The summed E-state index contributed by atoms with van der Waals surface area (Å²) in [5.41, 5.74) is 1.53. The van der Waals surface area contributed by atoms with Gasteiger partial charge < -0.3 is 9.72 Å². The van der Waals surface area contributed by atoms with Crippen molar-refractivity contribution in [1.29, 1.82) is 0 Å². The van der Waals surface area contributed by atoms with Gasteiger partial charge in [-0.3, -0.25) is 4.79 Å². The summed E-state index contributed by atoms with van der Waals surface area (Å²) in [7, 11) is -3.43. The summed E-state index contributed by atoms with van der Waals surface area (Å²) in [5.74, 6) is -0.378. The van der Waals surface area contributed by atoms with Crippen LogP contribution in [0.25, 0.3) is 5.52 Å². The third kappa shape index (κ3) is 3.56. The Balaban J connectivity index is 1.92. The molecule has 0 saturated heterocycles. The number of aromatic nitrogens is 1. The molecule has 0 spiro atoms. The molecule has 124 valence electrons. The maximum absolute atomic E-state index is 12.4. The van der Waals surface area contributed by atoms with Crippen LogP contribution in [0.4, 0.5) is 5.69 Å². The number of hydrogen-bond donors (Lipinski definition) is 1.